The van der Waals surface area contributed by atoms with Crippen molar-refractivity contribution < 1.29 is 35.9 Å². The van der Waals surface area contributed by atoms with Crippen molar-refractivity contribution in [1.29, 1.82) is 0 Å². The number of halogens is 6. The fraction of sp³-hybridized carbons (Fsp3) is 0.200. The van der Waals surface area contributed by atoms with Gasteiger partial charge in [-0.1, -0.05) is 35.9 Å². The lowest BCUT2D eigenvalue weighted by Gasteiger charge is -2.23. The molecule has 0 aliphatic carbocycles. The number of aryl methyl sites for hydroxylation is 1. The summed E-state index contributed by atoms with van der Waals surface area (Å²) in [5, 5.41) is 7.06. The van der Waals surface area contributed by atoms with Crippen LogP contribution in [0.2, 0.25) is 0 Å². The summed E-state index contributed by atoms with van der Waals surface area (Å²) in [6.45, 7) is 1.68. The first-order valence-electron chi connectivity index (χ1n) is 10.9. The van der Waals surface area contributed by atoms with Gasteiger partial charge in [-0.2, -0.15) is 26.3 Å². The number of hydrogen-bond donors (Lipinski definition) is 3. The fourth-order valence-corrected chi connectivity index (χ4v) is 3.27. The molecule has 196 valence electrons. The molecule has 3 aromatic rings. The number of benzene rings is 3. The molecule has 0 saturated heterocycles. The van der Waals surface area contributed by atoms with Crippen LogP contribution in [0.3, 0.4) is 0 Å². The number of carbonyl (C=O) groups excluding carboxylic acids is 2. The molecule has 0 spiro atoms. The molecule has 3 N–H and O–H groups in total. The first kappa shape index (κ1) is 27.4. The lowest BCUT2D eigenvalue weighted by atomic mass is 10.1. The van der Waals surface area contributed by atoms with Gasteiger partial charge < -0.3 is 16.0 Å². The standard InChI is InChI=1S/C25H22F6N4O2/c1-16-7-9-19(10-8-16)34-23(37)35(21-5-3-2-4-6-21)12-11-32-22(36)33-20-14-17(24(26,27)28)13-18(15-20)25(29,30)31/h2-10,13-15H,11-12H2,1H3,(H,34,37)(H2,32,33,36). The molecule has 4 amide bonds. The van der Waals surface area contributed by atoms with Gasteiger partial charge in [0.2, 0.25) is 0 Å². The molecule has 0 aromatic heterocycles. The SMILES string of the molecule is Cc1ccc(NC(=O)N(CCNC(=O)Nc2cc(C(F)(F)F)cc(C(F)(F)F)c2)c2ccccc2)cc1. The zero-order valence-corrected chi connectivity index (χ0v) is 19.4. The number of rotatable bonds is 6. The van der Waals surface area contributed by atoms with E-state index in [0.29, 0.717) is 23.5 Å². The Balaban J connectivity index is 1.68. The molecule has 3 rings (SSSR count). The Bertz CT molecular complexity index is 1200. The minimum atomic E-state index is -5.05. The second-order valence-electron chi connectivity index (χ2n) is 7.96. The van der Waals surface area contributed by atoms with E-state index < -0.39 is 41.2 Å². The molecule has 37 heavy (non-hydrogen) atoms. The quantitative estimate of drug-likeness (QED) is 0.307. The Labute approximate surface area is 208 Å². The largest absolute Gasteiger partial charge is 0.416 e. The first-order valence-corrected chi connectivity index (χ1v) is 10.9. The van der Waals surface area contributed by atoms with Crippen LogP contribution in [0.5, 0.6) is 0 Å². The minimum absolute atomic E-state index is 0.0342. The van der Waals surface area contributed by atoms with E-state index >= 15 is 0 Å². The maximum atomic E-state index is 13.0. The van der Waals surface area contributed by atoms with E-state index in [1.807, 2.05) is 24.4 Å². The number of amides is 4. The van der Waals surface area contributed by atoms with Crippen LogP contribution in [0.15, 0.2) is 72.8 Å². The highest BCUT2D eigenvalue weighted by Crippen LogP contribution is 2.37. The van der Waals surface area contributed by atoms with E-state index in [1.165, 1.54) is 4.90 Å². The summed E-state index contributed by atoms with van der Waals surface area (Å²) in [5.74, 6) is 0. The van der Waals surface area contributed by atoms with Gasteiger partial charge in [-0.25, -0.2) is 9.59 Å². The number of hydrogen-bond acceptors (Lipinski definition) is 2. The van der Waals surface area contributed by atoms with Crippen LogP contribution < -0.4 is 20.9 Å². The predicted octanol–water partition coefficient (Wildman–Crippen LogP) is 6.89. The summed E-state index contributed by atoms with van der Waals surface area (Å²) in [5.41, 5.74) is -1.76. The molecular weight excluding hydrogens is 502 g/mol. The maximum Gasteiger partial charge on any atom is 0.416 e. The smallest absolute Gasteiger partial charge is 0.336 e. The predicted molar refractivity (Wildman–Crippen MR) is 127 cm³/mol. The lowest BCUT2D eigenvalue weighted by Crippen LogP contribution is -2.42. The van der Waals surface area contributed by atoms with Gasteiger partial charge in [-0.3, -0.25) is 4.90 Å². The van der Waals surface area contributed by atoms with Gasteiger partial charge in [0.1, 0.15) is 0 Å². The number of alkyl halides is 6. The number of carbonyl (C=O) groups is 2. The molecule has 3 aromatic carbocycles. The van der Waals surface area contributed by atoms with Crippen molar-refractivity contribution in [2.45, 2.75) is 19.3 Å². The third-order valence-electron chi connectivity index (χ3n) is 5.08. The zero-order valence-electron chi connectivity index (χ0n) is 19.4. The third kappa shape index (κ3) is 7.89. The summed E-state index contributed by atoms with van der Waals surface area (Å²) >= 11 is 0. The summed E-state index contributed by atoms with van der Waals surface area (Å²) in [7, 11) is 0. The van der Waals surface area contributed by atoms with Crippen molar-refractivity contribution in [1.82, 2.24) is 5.32 Å². The van der Waals surface area contributed by atoms with E-state index in [2.05, 4.69) is 10.6 Å². The van der Waals surface area contributed by atoms with E-state index in [1.54, 1.807) is 42.5 Å². The Morgan fingerprint density at radius 2 is 1.32 bits per heavy atom. The van der Waals surface area contributed by atoms with Crippen LogP contribution >= 0.6 is 0 Å². The molecule has 0 aliphatic rings. The van der Waals surface area contributed by atoms with Crippen molar-refractivity contribution in [3.63, 3.8) is 0 Å². The molecule has 6 nitrogen and oxygen atoms in total. The van der Waals surface area contributed by atoms with Crippen LogP contribution in [0.25, 0.3) is 0 Å². The summed E-state index contributed by atoms with van der Waals surface area (Å²) in [4.78, 5) is 26.5. The molecule has 0 atom stereocenters. The second-order valence-corrected chi connectivity index (χ2v) is 7.96. The number of anilines is 3. The van der Waals surface area contributed by atoms with Gasteiger partial charge in [0, 0.05) is 30.2 Å². The molecule has 0 bridgehead atoms. The van der Waals surface area contributed by atoms with Crippen LogP contribution in [0, 0.1) is 6.92 Å². The van der Waals surface area contributed by atoms with Crippen molar-refractivity contribution in [3.05, 3.63) is 89.5 Å². The normalized spacial score (nSPS) is 11.5. The molecule has 0 aliphatic heterocycles. The van der Waals surface area contributed by atoms with Crippen molar-refractivity contribution >= 4 is 29.1 Å². The van der Waals surface area contributed by atoms with Gasteiger partial charge in [0.05, 0.1) is 11.1 Å². The fourth-order valence-electron chi connectivity index (χ4n) is 3.27. The molecule has 0 saturated carbocycles. The molecule has 12 heteroatoms. The van der Waals surface area contributed by atoms with Crippen LogP contribution in [-0.2, 0) is 12.4 Å². The minimum Gasteiger partial charge on any atom is -0.336 e. The van der Waals surface area contributed by atoms with Crippen LogP contribution in [0.1, 0.15) is 16.7 Å². The number of nitrogens with zero attached hydrogens (tertiary/aromatic N) is 1. The van der Waals surface area contributed by atoms with Gasteiger partial charge in [-0.05, 0) is 49.4 Å². The van der Waals surface area contributed by atoms with E-state index in [4.69, 9.17) is 0 Å². The number of urea groups is 2. The third-order valence-corrected chi connectivity index (χ3v) is 5.08. The van der Waals surface area contributed by atoms with Crippen LogP contribution in [0.4, 0.5) is 53.0 Å². The highest BCUT2D eigenvalue weighted by molar-refractivity contribution is 6.01. The summed E-state index contributed by atoms with van der Waals surface area (Å²) < 4.78 is 78.2. The van der Waals surface area contributed by atoms with Gasteiger partial charge in [0.15, 0.2) is 0 Å². The topological polar surface area (TPSA) is 73.5 Å². The second kappa shape index (κ2) is 11.2. The summed E-state index contributed by atoms with van der Waals surface area (Å²) in [6, 6.07) is 14.7. The Morgan fingerprint density at radius 3 is 1.86 bits per heavy atom. The highest BCUT2D eigenvalue weighted by Gasteiger charge is 2.37. The first-order chi connectivity index (χ1) is 17.3. The average Bonchev–Trinajstić information content (AvgIpc) is 2.82. The molecular formula is C25H22F6N4O2. The maximum absolute atomic E-state index is 13.0. The van der Waals surface area contributed by atoms with E-state index in [0.717, 1.165) is 5.56 Å². The monoisotopic (exact) mass is 524 g/mol. The van der Waals surface area contributed by atoms with Gasteiger partial charge in [0.25, 0.3) is 0 Å². The molecule has 0 radical (unpaired) electrons. The van der Waals surface area contributed by atoms with Gasteiger partial charge >= 0.3 is 24.4 Å². The van der Waals surface area contributed by atoms with Crippen molar-refractivity contribution in [2.75, 3.05) is 28.6 Å². The van der Waals surface area contributed by atoms with Crippen molar-refractivity contribution in [2.24, 2.45) is 0 Å². The Hall–Kier alpha value is -4.22. The van der Waals surface area contributed by atoms with E-state index in [-0.39, 0.29) is 19.2 Å². The number of para-hydroxylation sites is 1. The molecule has 0 heterocycles. The van der Waals surface area contributed by atoms with Crippen LogP contribution in [-0.4, -0.2) is 25.2 Å². The number of nitrogens with one attached hydrogen (secondary N) is 3. The Kier molecular flexibility index (Phi) is 8.31. The molecule has 0 unspecified atom stereocenters. The Morgan fingerprint density at radius 1 is 0.757 bits per heavy atom. The lowest BCUT2D eigenvalue weighted by molar-refractivity contribution is -0.143. The zero-order chi connectivity index (χ0) is 27.2. The highest BCUT2D eigenvalue weighted by atomic mass is 19.4. The average molecular weight is 524 g/mol. The summed E-state index contributed by atoms with van der Waals surface area (Å²) in [6.07, 6.45) is -10.1. The molecule has 0 fully saturated rings. The van der Waals surface area contributed by atoms with Crippen molar-refractivity contribution in [3.8, 4) is 0 Å². The van der Waals surface area contributed by atoms with Gasteiger partial charge in [-0.15, -0.1) is 0 Å². The van der Waals surface area contributed by atoms with E-state index in [9.17, 15) is 35.9 Å².